The number of carbonyl (C=O) groups is 2. The molecule has 202 valence electrons. The van der Waals surface area contributed by atoms with Crippen LogP contribution in [0.5, 0.6) is 11.6 Å². The van der Waals surface area contributed by atoms with E-state index in [1.807, 2.05) is 20.8 Å². The van der Waals surface area contributed by atoms with Crippen LogP contribution in [0.1, 0.15) is 49.7 Å². The van der Waals surface area contributed by atoms with Crippen molar-refractivity contribution in [3.05, 3.63) is 58.0 Å². The molecule has 38 heavy (non-hydrogen) atoms. The number of piperidine rings is 1. The minimum absolute atomic E-state index is 0.117. The van der Waals surface area contributed by atoms with Crippen molar-refractivity contribution in [1.29, 1.82) is 0 Å². The second kappa shape index (κ2) is 10.3. The van der Waals surface area contributed by atoms with Crippen LogP contribution in [0.3, 0.4) is 0 Å². The highest BCUT2D eigenvalue weighted by Crippen LogP contribution is 2.41. The number of nitrogens with zero attached hydrogens (tertiary/aromatic N) is 3. The van der Waals surface area contributed by atoms with Gasteiger partial charge in [-0.3, -0.25) is 10.1 Å². The molecule has 2 aromatic heterocycles. The zero-order valence-electron chi connectivity index (χ0n) is 21.8. The molecule has 1 fully saturated rings. The largest absolute Gasteiger partial charge is 0.478 e. The van der Waals surface area contributed by atoms with Crippen molar-refractivity contribution in [3.63, 3.8) is 0 Å². The Labute approximate surface area is 218 Å². The third-order valence-corrected chi connectivity index (χ3v) is 6.26. The third-order valence-electron chi connectivity index (χ3n) is 6.26. The van der Waals surface area contributed by atoms with Crippen molar-refractivity contribution >= 4 is 28.7 Å². The number of nitro benzene ring substituents is 1. The second-order valence-electron chi connectivity index (χ2n) is 9.84. The van der Waals surface area contributed by atoms with Crippen molar-refractivity contribution in [1.82, 2.24) is 9.88 Å². The zero-order chi connectivity index (χ0) is 27.7. The minimum atomic E-state index is -0.859. The summed E-state index contributed by atoms with van der Waals surface area (Å²) in [5.74, 6) is 0.0406. The molecule has 12 nitrogen and oxygen atoms in total. The molecule has 0 saturated carbocycles. The number of benzene rings is 1. The first-order valence-corrected chi connectivity index (χ1v) is 11.9. The van der Waals surface area contributed by atoms with Crippen LogP contribution in [0.2, 0.25) is 0 Å². The number of hydrogen-bond acceptors (Lipinski definition) is 10. The number of fused-ring (bicyclic) bond motifs is 1. The summed E-state index contributed by atoms with van der Waals surface area (Å²) in [6.45, 7) is 6.20. The van der Waals surface area contributed by atoms with E-state index < -0.39 is 28.2 Å². The second-order valence-corrected chi connectivity index (χ2v) is 9.84. The average Bonchev–Trinajstić information content (AvgIpc) is 3.33. The van der Waals surface area contributed by atoms with Gasteiger partial charge in [0.25, 0.3) is 11.6 Å². The normalized spacial score (nSPS) is 15.2. The fourth-order valence-corrected chi connectivity index (χ4v) is 4.26. The molecule has 1 aliphatic rings. The summed E-state index contributed by atoms with van der Waals surface area (Å²) in [5.41, 5.74) is -1.23. The standard InChI is InChI=1S/C26H29N3O9/c1-25(2,3)38-24(31)28-12-10-26(35-5,11-13-28)20-14-18-19(15-27-22(34-4)21(18)37-20)23(30)36-17-8-6-16(7-9-17)29(32)33/h6-9,14-15H,10-13H2,1-5H3. The maximum Gasteiger partial charge on any atom is 0.410 e. The Balaban J connectivity index is 1.61. The number of hydrogen-bond donors (Lipinski definition) is 0. The predicted octanol–water partition coefficient (Wildman–Crippen LogP) is 4.84. The first-order chi connectivity index (χ1) is 18.0. The van der Waals surface area contributed by atoms with Crippen LogP contribution in [0.25, 0.3) is 11.0 Å². The maximum absolute atomic E-state index is 13.0. The van der Waals surface area contributed by atoms with Crippen LogP contribution in [-0.4, -0.2) is 59.8 Å². The Morgan fingerprint density at radius 1 is 1.13 bits per heavy atom. The molecular formula is C26H29N3O9. The topological polar surface area (TPSA) is 143 Å². The van der Waals surface area contributed by atoms with Gasteiger partial charge in [0.05, 0.1) is 17.6 Å². The number of non-ortho nitro benzene ring substituents is 1. The molecule has 0 bridgehead atoms. The number of furan rings is 1. The van der Waals surface area contributed by atoms with Gasteiger partial charge in [0.1, 0.15) is 22.7 Å². The molecule has 0 radical (unpaired) electrons. The van der Waals surface area contributed by atoms with Crippen LogP contribution in [-0.2, 0) is 15.1 Å². The van der Waals surface area contributed by atoms with Gasteiger partial charge >= 0.3 is 12.1 Å². The Hall–Kier alpha value is -4.19. The molecule has 3 aromatic rings. The molecule has 1 aromatic carbocycles. The summed E-state index contributed by atoms with van der Waals surface area (Å²) in [6.07, 6.45) is 1.79. The number of carbonyl (C=O) groups excluding carboxylic acids is 2. The van der Waals surface area contributed by atoms with E-state index in [2.05, 4.69) is 4.98 Å². The van der Waals surface area contributed by atoms with Gasteiger partial charge in [0.2, 0.25) is 0 Å². The fourth-order valence-electron chi connectivity index (χ4n) is 4.26. The lowest BCUT2D eigenvalue weighted by molar-refractivity contribution is -0.384. The predicted molar refractivity (Wildman–Crippen MR) is 134 cm³/mol. The molecule has 0 unspecified atom stereocenters. The van der Waals surface area contributed by atoms with Crippen LogP contribution in [0.4, 0.5) is 10.5 Å². The van der Waals surface area contributed by atoms with Crippen molar-refractivity contribution in [2.75, 3.05) is 27.3 Å². The molecule has 4 rings (SSSR count). The number of esters is 1. The summed E-state index contributed by atoms with van der Waals surface area (Å²) in [5, 5.41) is 11.3. The Morgan fingerprint density at radius 3 is 2.34 bits per heavy atom. The molecule has 0 atom stereocenters. The van der Waals surface area contributed by atoms with E-state index in [-0.39, 0.29) is 28.5 Å². The molecule has 3 heterocycles. The molecule has 1 saturated heterocycles. The van der Waals surface area contributed by atoms with E-state index in [1.165, 1.54) is 37.6 Å². The summed E-state index contributed by atoms with van der Waals surface area (Å²) in [4.78, 5) is 41.7. The summed E-state index contributed by atoms with van der Waals surface area (Å²) in [6, 6.07) is 6.85. The highest BCUT2D eigenvalue weighted by Gasteiger charge is 2.42. The monoisotopic (exact) mass is 527 g/mol. The van der Waals surface area contributed by atoms with Crippen molar-refractivity contribution in [2.45, 2.75) is 44.8 Å². The van der Waals surface area contributed by atoms with E-state index in [4.69, 9.17) is 23.4 Å². The van der Waals surface area contributed by atoms with E-state index in [9.17, 15) is 19.7 Å². The summed E-state index contributed by atoms with van der Waals surface area (Å²) < 4.78 is 28.3. The Kier molecular flexibility index (Phi) is 7.27. The molecule has 12 heteroatoms. The molecule has 0 spiro atoms. The smallest absolute Gasteiger partial charge is 0.410 e. The van der Waals surface area contributed by atoms with Crippen LogP contribution >= 0.6 is 0 Å². The van der Waals surface area contributed by atoms with Gasteiger partial charge in [-0.1, -0.05) is 0 Å². The number of methoxy groups -OCH3 is 2. The minimum Gasteiger partial charge on any atom is -0.478 e. The number of rotatable bonds is 6. The average molecular weight is 528 g/mol. The van der Waals surface area contributed by atoms with E-state index >= 15 is 0 Å². The third kappa shape index (κ3) is 5.40. The lowest BCUT2D eigenvalue weighted by Gasteiger charge is -2.39. The van der Waals surface area contributed by atoms with Crippen molar-refractivity contribution in [3.8, 4) is 11.6 Å². The number of ether oxygens (including phenoxy) is 4. The van der Waals surface area contributed by atoms with Crippen molar-refractivity contribution < 1.29 is 37.9 Å². The van der Waals surface area contributed by atoms with Crippen molar-refractivity contribution in [2.24, 2.45) is 0 Å². The summed E-state index contributed by atoms with van der Waals surface area (Å²) >= 11 is 0. The van der Waals surface area contributed by atoms with E-state index in [1.54, 1.807) is 18.1 Å². The molecule has 1 amide bonds. The van der Waals surface area contributed by atoms with Gasteiger partial charge < -0.3 is 28.3 Å². The Morgan fingerprint density at radius 2 is 1.79 bits per heavy atom. The maximum atomic E-state index is 13.0. The highest BCUT2D eigenvalue weighted by atomic mass is 16.6. The molecule has 0 aliphatic carbocycles. The molecular weight excluding hydrogens is 498 g/mol. The quantitative estimate of drug-likeness (QED) is 0.189. The molecule has 0 N–H and O–H groups in total. The van der Waals surface area contributed by atoms with Gasteiger partial charge in [0.15, 0.2) is 5.58 Å². The first-order valence-electron chi connectivity index (χ1n) is 11.9. The van der Waals surface area contributed by atoms with Gasteiger partial charge in [-0.05, 0) is 39.0 Å². The number of likely N-dealkylation sites (tertiary alicyclic amines) is 1. The van der Waals surface area contributed by atoms with Crippen LogP contribution < -0.4 is 9.47 Å². The molecule has 1 aliphatic heterocycles. The number of aromatic nitrogens is 1. The van der Waals surface area contributed by atoms with Gasteiger partial charge in [-0.2, -0.15) is 0 Å². The number of nitro groups is 1. The Bertz CT molecular complexity index is 1350. The lowest BCUT2D eigenvalue weighted by atomic mass is 9.88. The zero-order valence-corrected chi connectivity index (χ0v) is 21.8. The van der Waals surface area contributed by atoms with Crippen LogP contribution in [0, 0.1) is 10.1 Å². The highest BCUT2D eigenvalue weighted by molar-refractivity contribution is 6.05. The first kappa shape index (κ1) is 26.9. The number of amides is 1. The summed E-state index contributed by atoms with van der Waals surface area (Å²) in [7, 11) is 3.00. The van der Waals surface area contributed by atoms with Gasteiger partial charge in [-0.25, -0.2) is 14.6 Å². The van der Waals surface area contributed by atoms with Gasteiger partial charge in [0, 0.05) is 56.8 Å². The van der Waals surface area contributed by atoms with Gasteiger partial charge in [-0.15, -0.1) is 0 Å². The SMILES string of the molecule is COc1ncc(C(=O)Oc2ccc([N+](=O)[O-])cc2)c2cc(C3(OC)CCN(C(=O)OC(C)(C)C)CC3)oc12. The van der Waals surface area contributed by atoms with E-state index in [0.717, 1.165) is 0 Å². The lowest BCUT2D eigenvalue weighted by Crippen LogP contribution is -2.47. The fraction of sp³-hybridized carbons (Fsp3) is 0.423. The van der Waals surface area contributed by atoms with E-state index in [0.29, 0.717) is 37.1 Å². The number of pyridine rings is 1. The van der Waals surface area contributed by atoms with Crippen LogP contribution in [0.15, 0.2) is 40.9 Å².